The number of nitrogens with one attached hydrogen (secondary N) is 1. The van der Waals surface area contributed by atoms with Crippen LogP contribution in [0.5, 0.6) is 0 Å². The summed E-state index contributed by atoms with van der Waals surface area (Å²) in [6.07, 6.45) is 1.29. The van der Waals surface area contributed by atoms with Crippen LogP contribution in [0.1, 0.15) is 12.8 Å². The Labute approximate surface area is 98.6 Å². The van der Waals surface area contributed by atoms with Gasteiger partial charge in [-0.25, -0.2) is 0 Å². The van der Waals surface area contributed by atoms with Crippen molar-refractivity contribution in [3.63, 3.8) is 0 Å². The summed E-state index contributed by atoms with van der Waals surface area (Å²) in [6.45, 7) is 3.30. The summed E-state index contributed by atoms with van der Waals surface area (Å²) in [5.74, 6) is -2.16. The van der Waals surface area contributed by atoms with E-state index in [0.29, 0.717) is 0 Å². The molecule has 0 bridgehead atoms. The second kappa shape index (κ2) is 8.28. The summed E-state index contributed by atoms with van der Waals surface area (Å²) in [5.41, 5.74) is 5.17. The molecule has 0 aliphatic rings. The van der Waals surface area contributed by atoms with Crippen molar-refractivity contribution < 1.29 is 24.2 Å². The number of ether oxygens (including phenoxy) is 1. The number of carbonyl (C=O) groups excluding carboxylic acids is 2. The Kier molecular flexibility index (Phi) is 7.36. The zero-order chi connectivity index (χ0) is 13.3. The van der Waals surface area contributed by atoms with E-state index in [4.69, 9.17) is 10.8 Å². The molecule has 0 aromatic rings. The molecule has 1 amide bonds. The minimum atomic E-state index is -1.20. The van der Waals surface area contributed by atoms with E-state index in [1.807, 2.05) is 0 Å². The Morgan fingerprint density at radius 2 is 2.06 bits per heavy atom. The van der Waals surface area contributed by atoms with E-state index >= 15 is 0 Å². The van der Waals surface area contributed by atoms with Crippen molar-refractivity contribution in [1.29, 1.82) is 0 Å². The number of carbonyl (C=O) groups is 3. The SMILES string of the molecule is C=CCOC(=O)CCC(=O)NC[C@H](N)C(=O)O. The lowest BCUT2D eigenvalue weighted by Crippen LogP contribution is -2.42. The average molecular weight is 244 g/mol. The van der Waals surface area contributed by atoms with Crippen LogP contribution >= 0.6 is 0 Å². The smallest absolute Gasteiger partial charge is 0.322 e. The van der Waals surface area contributed by atoms with E-state index in [1.54, 1.807) is 0 Å². The summed E-state index contributed by atoms with van der Waals surface area (Å²) in [5, 5.41) is 10.8. The molecule has 0 rings (SSSR count). The van der Waals surface area contributed by atoms with Gasteiger partial charge in [-0.15, -0.1) is 0 Å². The molecule has 96 valence electrons. The second-order valence-corrected chi connectivity index (χ2v) is 3.22. The summed E-state index contributed by atoms with van der Waals surface area (Å²) >= 11 is 0. The topological polar surface area (TPSA) is 119 Å². The highest BCUT2D eigenvalue weighted by atomic mass is 16.5. The fourth-order valence-corrected chi connectivity index (χ4v) is 0.839. The highest BCUT2D eigenvalue weighted by molar-refractivity contribution is 5.82. The molecule has 0 aromatic heterocycles. The molecule has 7 nitrogen and oxygen atoms in total. The van der Waals surface area contributed by atoms with Gasteiger partial charge < -0.3 is 20.9 Å². The van der Waals surface area contributed by atoms with Crippen LogP contribution < -0.4 is 11.1 Å². The fraction of sp³-hybridized carbons (Fsp3) is 0.500. The maximum absolute atomic E-state index is 11.2. The van der Waals surface area contributed by atoms with Crippen molar-refractivity contribution in [1.82, 2.24) is 5.32 Å². The monoisotopic (exact) mass is 244 g/mol. The molecule has 0 spiro atoms. The lowest BCUT2D eigenvalue weighted by molar-refractivity contribution is -0.144. The Balaban J connectivity index is 3.69. The van der Waals surface area contributed by atoms with Crippen LogP contribution in [-0.4, -0.2) is 42.1 Å². The minimum absolute atomic E-state index is 0.0671. The van der Waals surface area contributed by atoms with E-state index in [2.05, 4.69) is 16.6 Å². The summed E-state index contributed by atoms with van der Waals surface area (Å²) < 4.78 is 4.65. The quantitative estimate of drug-likeness (QED) is 0.373. The number of hydrogen-bond acceptors (Lipinski definition) is 5. The summed E-state index contributed by atoms with van der Waals surface area (Å²) in [7, 11) is 0. The number of aliphatic carboxylic acids is 1. The van der Waals surface area contributed by atoms with Gasteiger partial charge in [-0.05, 0) is 0 Å². The van der Waals surface area contributed by atoms with Crippen LogP contribution in [0.15, 0.2) is 12.7 Å². The van der Waals surface area contributed by atoms with Crippen LogP contribution in [0.2, 0.25) is 0 Å². The number of hydrogen-bond donors (Lipinski definition) is 3. The average Bonchev–Trinajstić information content (AvgIpc) is 2.30. The number of rotatable bonds is 8. The third-order valence-corrected chi connectivity index (χ3v) is 1.75. The number of nitrogens with two attached hydrogens (primary N) is 1. The van der Waals surface area contributed by atoms with Crippen LogP contribution in [0.25, 0.3) is 0 Å². The maximum Gasteiger partial charge on any atom is 0.322 e. The van der Waals surface area contributed by atoms with E-state index in [1.165, 1.54) is 6.08 Å². The molecule has 0 heterocycles. The highest BCUT2D eigenvalue weighted by Gasteiger charge is 2.13. The number of esters is 1. The first kappa shape index (κ1) is 15.1. The molecule has 0 unspecified atom stereocenters. The van der Waals surface area contributed by atoms with Gasteiger partial charge in [-0.3, -0.25) is 14.4 Å². The number of carboxylic acid groups (broad SMARTS) is 1. The Hall–Kier alpha value is -1.89. The third kappa shape index (κ3) is 7.97. The van der Waals surface area contributed by atoms with E-state index in [9.17, 15) is 14.4 Å². The maximum atomic E-state index is 11.2. The Morgan fingerprint density at radius 1 is 1.41 bits per heavy atom. The standard InChI is InChI=1S/C10H16N2O5/c1-2-5-17-9(14)4-3-8(13)12-6-7(11)10(15)16/h2,7H,1,3-6,11H2,(H,12,13)(H,15,16)/t7-/m0/s1. The van der Waals surface area contributed by atoms with E-state index in [0.717, 1.165) is 0 Å². The van der Waals surface area contributed by atoms with Gasteiger partial charge in [-0.1, -0.05) is 12.7 Å². The van der Waals surface area contributed by atoms with Crippen molar-refractivity contribution >= 4 is 17.8 Å². The lowest BCUT2D eigenvalue weighted by atomic mass is 10.2. The molecular weight excluding hydrogens is 228 g/mol. The molecule has 0 saturated carbocycles. The molecule has 4 N–H and O–H groups in total. The molecule has 0 fully saturated rings. The number of carboxylic acids is 1. The largest absolute Gasteiger partial charge is 0.480 e. The van der Waals surface area contributed by atoms with Gasteiger partial charge in [0.1, 0.15) is 12.6 Å². The van der Waals surface area contributed by atoms with Crippen LogP contribution in [0.3, 0.4) is 0 Å². The molecule has 0 aliphatic heterocycles. The predicted molar refractivity (Wildman–Crippen MR) is 59.0 cm³/mol. The second-order valence-electron chi connectivity index (χ2n) is 3.22. The van der Waals surface area contributed by atoms with Crippen molar-refractivity contribution in [2.75, 3.05) is 13.2 Å². The van der Waals surface area contributed by atoms with Crippen molar-refractivity contribution in [3.05, 3.63) is 12.7 Å². The van der Waals surface area contributed by atoms with Crippen molar-refractivity contribution in [2.45, 2.75) is 18.9 Å². The van der Waals surface area contributed by atoms with Gasteiger partial charge in [0.05, 0.1) is 6.42 Å². The van der Waals surface area contributed by atoms with Gasteiger partial charge in [0.15, 0.2) is 0 Å². The van der Waals surface area contributed by atoms with Gasteiger partial charge in [0, 0.05) is 13.0 Å². The molecular formula is C10H16N2O5. The zero-order valence-corrected chi connectivity index (χ0v) is 9.35. The van der Waals surface area contributed by atoms with E-state index < -0.39 is 23.9 Å². The lowest BCUT2D eigenvalue weighted by Gasteiger charge is -2.08. The molecule has 0 aromatic carbocycles. The van der Waals surface area contributed by atoms with Crippen molar-refractivity contribution in [3.8, 4) is 0 Å². The normalized spacial score (nSPS) is 11.4. The first-order valence-electron chi connectivity index (χ1n) is 4.99. The molecule has 0 aliphatic carbocycles. The molecule has 17 heavy (non-hydrogen) atoms. The first-order chi connectivity index (χ1) is 7.97. The molecule has 1 atom stereocenters. The summed E-state index contributed by atoms with van der Waals surface area (Å²) in [4.78, 5) is 32.5. The zero-order valence-electron chi connectivity index (χ0n) is 9.35. The van der Waals surface area contributed by atoms with Gasteiger partial charge >= 0.3 is 11.9 Å². The third-order valence-electron chi connectivity index (χ3n) is 1.75. The van der Waals surface area contributed by atoms with Crippen molar-refractivity contribution in [2.24, 2.45) is 5.73 Å². The molecule has 7 heteroatoms. The Bertz CT molecular complexity index is 303. The first-order valence-corrected chi connectivity index (χ1v) is 4.99. The van der Waals surface area contributed by atoms with E-state index in [-0.39, 0.29) is 26.0 Å². The number of amides is 1. The predicted octanol–water partition coefficient (Wildman–Crippen LogP) is -0.976. The minimum Gasteiger partial charge on any atom is -0.480 e. The van der Waals surface area contributed by atoms with Gasteiger partial charge in [0.2, 0.25) is 5.91 Å². The Morgan fingerprint density at radius 3 is 2.59 bits per heavy atom. The van der Waals surface area contributed by atoms with Crippen LogP contribution in [0, 0.1) is 0 Å². The van der Waals surface area contributed by atoms with Crippen LogP contribution in [0.4, 0.5) is 0 Å². The van der Waals surface area contributed by atoms with Crippen LogP contribution in [-0.2, 0) is 19.1 Å². The molecule has 0 radical (unpaired) electrons. The molecule has 0 saturated heterocycles. The van der Waals surface area contributed by atoms with Gasteiger partial charge in [-0.2, -0.15) is 0 Å². The fourth-order valence-electron chi connectivity index (χ4n) is 0.839. The highest BCUT2D eigenvalue weighted by Crippen LogP contribution is 1.93. The summed E-state index contributed by atoms with van der Waals surface area (Å²) in [6, 6.07) is -1.15. The van der Waals surface area contributed by atoms with Gasteiger partial charge in [0.25, 0.3) is 0 Å².